The Morgan fingerprint density at radius 1 is 0.963 bits per heavy atom. The molecule has 1 aromatic heterocycles. The molecule has 0 fully saturated rings. The summed E-state index contributed by atoms with van der Waals surface area (Å²) in [5, 5.41) is 3.28. The normalized spacial score (nSPS) is 10.9. The Morgan fingerprint density at radius 2 is 1.70 bits per heavy atom. The van der Waals surface area contributed by atoms with Crippen LogP contribution >= 0.6 is 56.8 Å². The number of fused-ring (bicyclic) bond motifs is 1. The maximum atomic E-state index is 12.5. The lowest BCUT2D eigenvalue weighted by Gasteiger charge is -2.07. The van der Waals surface area contributed by atoms with Crippen LogP contribution in [0.25, 0.3) is 22.6 Å². The highest BCUT2D eigenvalue weighted by atomic mass is 127. The summed E-state index contributed by atoms with van der Waals surface area (Å²) in [7, 11) is 0. The van der Waals surface area contributed by atoms with Crippen LogP contribution in [0.3, 0.4) is 0 Å². The SMILES string of the molecule is O=C(Nc1ccc2oc(-c3ccc(I)cc3)nc2c1)c1cc(I)ccc1Cl. The van der Waals surface area contributed by atoms with Crippen LogP contribution in [0.2, 0.25) is 5.02 Å². The predicted octanol–water partition coefficient (Wildman–Crippen LogP) is 6.61. The quantitative estimate of drug-likeness (QED) is 0.270. The van der Waals surface area contributed by atoms with Gasteiger partial charge in [-0.1, -0.05) is 11.6 Å². The van der Waals surface area contributed by atoms with Crippen LogP contribution in [-0.2, 0) is 0 Å². The van der Waals surface area contributed by atoms with Gasteiger partial charge in [-0.25, -0.2) is 4.98 Å². The molecule has 7 heteroatoms. The minimum absolute atomic E-state index is 0.265. The van der Waals surface area contributed by atoms with Crippen LogP contribution in [0.1, 0.15) is 10.4 Å². The molecule has 0 saturated carbocycles. The first-order chi connectivity index (χ1) is 13.0. The third kappa shape index (κ3) is 4.12. The van der Waals surface area contributed by atoms with Crippen LogP contribution in [0.5, 0.6) is 0 Å². The van der Waals surface area contributed by atoms with Crippen LogP contribution < -0.4 is 5.32 Å². The summed E-state index contributed by atoms with van der Waals surface area (Å²) in [5.41, 5.74) is 3.31. The summed E-state index contributed by atoms with van der Waals surface area (Å²) in [6.45, 7) is 0. The van der Waals surface area contributed by atoms with Gasteiger partial charge in [0.25, 0.3) is 5.91 Å². The van der Waals surface area contributed by atoms with Crippen molar-refractivity contribution in [3.05, 3.63) is 78.4 Å². The zero-order valence-electron chi connectivity index (χ0n) is 13.7. The molecule has 4 aromatic rings. The summed E-state index contributed by atoms with van der Waals surface area (Å²) in [4.78, 5) is 17.1. The van der Waals surface area contributed by atoms with Crippen LogP contribution in [0, 0.1) is 7.14 Å². The van der Waals surface area contributed by atoms with Crippen molar-refractivity contribution in [2.45, 2.75) is 0 Å². The Bertz CT molecular complexity index is 1160. The minimum Gasteiger partial charge on any atom is -0.436 e. The molecule has 0 spiro atoms. The number of benzene rings is 3. The molecule has 0 aliphatic heterocycles. The van der Waals surface area contributed by atoms with Gasteiger partial charge in [0.15, 0.2) is 5.58 Å². The zero-order valence-corrected chi connectivity index (χ0v) is 18.7. The van der Waals surface area contributed by atoms with E-state index in [1.54, 1.807) is 30.3 Å². The van der Waals surface area contributed by atoms with Gasteiger partial charge in [-0.15, -0.1) is 0 Å². The number of hydrogen-bond acceptors (Lipinski definition) is 3. The van der Waals surface area contributed by atoms with Crippen molar-refractivity contribution in [2.24, 2.45) is 0 Å². The molecule has 4 nitrogen and oxygen atoms in total. The maximum absolute atomic E-state index is 12.5. The van der Waals surface area contributed by atoms with Crippen LogP contribution in [-0.4, -0.2) is 10.9 Å². The molecule has 0 saturated heterocycles. The van der Waals surface area contributed by atoms with Crippen molar-refractivity contribution in [3.63, 3.8) is 0 Å². The smallest absolute Gasteiger partial charge is 0.257 e. The summed E-state index contributed by atoms with van der Waals surface area (Å²) < 4.78 is 7.91. The fraction of sp³-hybridized carbons (Fsp3) is 0. The molecule has 27 heavy (non-hydrogen) atoms. The van der Waals surface area contributed by atoms with Crippen LogP contribution in [0.4, 0.5) is 5.69 Å². The molecule has 0 aliphatic carbocycles. The van der Waals surface area contributed by atoms with E-state index in [1.165, 1.54) is 0 Å². The summed E-state index contributed by atoms with van der Waals surface area (Å²) in [5.74, 6) is 0.282. The number of nitrogens with zero attached hydrogens (tertiary/aromatic N) is 1. The molecule has 0 aliphatic rings. The highest BCUT2D eigenvalue weighted by Crippen LogP contribution is 2.27. The van der Waals surface area contributed by atoms with E-state index in [1.807, 2.05) is 30.3 Å². The molecule has 1 N–H and O–H groups in total. The number of anilines is 1. The van der Waals surface area contributed by atoms with E-state index in [4.69, 9.17) is 16.0 Å². The number of oxazole rings is 1. The molecule has 1 heterocycles. The van der Waals surface area contributed by atoms with E-state index in [-0.39, 0.29) is 5.91 Å². The molecule has 134 valence electrons. The van der Waals surface area contributed by atoms with Crippen LogP contribution in [0.15, 0.2) is 65.1 Å². The standard InChI is InChI=1S/C20H11ClI2N2O2/c21-16-7-5-13(23)9-15(16)19(26)24-14-6-8-18-17(10-14)25-20(27-18)11-1-3-12(22)4-2-11/h1-10H,(H,24,26). The monoisotopic (exact) mass is 600 g/mol. The summed E-state index contributed by atoms with van der Waals surface area (Å²) >= 11 is 10.5. The van der Waals surface area contributed by atoms with Crippen molar-refractivity contribution < 1.29 is 9.21 Å². The van der Waals surface area contributed by atoms with Crippen molar-refractivity contribution in [3.8, 4) is 11.5 Å². The summed E-state index contributed by atoms with van der Waals surface area (Å²) in [6, 6.07) is 18.6. The molecule has 0 unspecified atom stereocenters. The van der Waals surface area contributed by atoms with Gasteiger partial charge in [0.05, 0.1) is 10.6 Å². The summed E-state index contributed by atoms with van der Waals surface area (Å²) in [6.07, 6.45) is 0. The number of halogens is 3. The Balaban J connectivity index is 1.62. The molecule has 0 radical (unpaired) electrons. The fourth-order valence-corrected chi connectivity index (χ4v) is 3.65. The van der Waals surface area contributed by atoms with Gasteiger partial charge in [-0.3, -0.25) is 4.79 Å². The van der Waals surface area contributed by atoms with E-state index in [0.29, 0.717) is 33.3 Å². The molecule has 0 bridgehead atoms. The molecular weight excluding hydrogens is 589 g/mol. The molecule has 1 amide bonds. The molecular formula is C20H11ClI2N2O2. The Hall–Kier alpha value is -1.65. The van der Waals surface area contributed by atoms with Crippen molar-refractivity contribution in [2.75, 3.05) is 5.32 Å². The highest BCUT2D eigenvalue weighted by Gasteiger charge is 2.13. The zero-order chi connectivity index (χ0) is 19.0. The number of amides is 1. The first-order valence-corrected chi connectivity index (χ1v) is 10.5. The largest absolute Gasteiger partial charge is 0.436 e. The lowest BCUT2D eigenvalue weighted by molar-refractivity contribution is 0.102. The first-order valence-electron chi connectivity index (χ1n) is 7.92. The minimum atomic E-state index is -0.265. The fourth-order valence-electron chi connectivity index (χ4n) is 2.59. The Morgan fingerprint density at radius 3 is 2.48 bits per heavy atom. The van der Waals surface area contributed by atoms with Gasteiger partial charge in [-0.05, 0) is 106 Å². The van der Waals surface area contributed by atoms with Gasteiger partial charge < -0.3 is 9.73 Å². The van der Waals surface area contributed by atoms with Gasteiger partial charge in [0, 0.05) is 18.4 Å². The second kappa shape index (κ2) is 7.76. The van der Waals surface area contributed by atoms with Crippen molar-refractivity contribution >= 4 is 79.5 Å². The topological polar surface area (TPSA) is 55.1 Å². The highest BCUT2D eigenvalue weighted by molar-refractivity contribution is 14.1. The number of aromatic nitrogens is 1. The third-order valence-electron chi connectivity index (χ3n) is 3.91. The van der Waals surface area contributed by atoms with E-state index >= 15 is 0 Å². The van der Waals surface area contributed by atoms with Crippen molar-refractivity contribution in [1.82, 2.24) is 4.98 Å². The first kappa shape index (κ1) is 18.7. The predicted molar refractivity (Wildman–Crippen MR) is 124 cm³/mol. The van der Waals surface area contributed by atoms with Gasteiger partial charge >= 0.3 is 0 Å². The molecule has 3 aromatic carbocycles. The van der Waals surface area contributed by atoms with E-state index in [9.17, 15) is 4.79 Å². The second-order valence-electron chi connectivity index (χ2n) is 5.79. The van der Waals surface area contributed by atoms with Crippen molar-refractivity contribution in [1.29, 1.82) is 0 Å². The average Bonchev–Trinajstić information content (AvgIpc) is 3.07. The van der Waals surface area contributed by atoms with E-state index in [0.717, 1.165) is 12.7 Å². The molecule has 0 atom stereocenters. The Kier molecular flexibility index (Phi) is 5.38. The average molecular weight is 601 g/mol. The van der Waals surface area contributed by atoms with Gasteiger partial charge in [-0.2, -0.15) is 0 Å². The number of nitrogens with one attached hydrogen (secondary N) is 1. The number of carbonyl (C=O) groups excluding carboxylic acids is 1. The third-order valence-corrected chi connectivity index (χ3v) is 5.63. The molecule has 4 rings (SSSR count). The second-order valence-corrected chi connectivity index (χ2v) is 8.69. The Labute approximate surface area is 187 Å². The van der Waals surface area contributed by atoms with Gasteiger partial charge in [0.1, 0.15) is 5.52 Å². The number of carbonyl (C=O) groups is 1. The van der Waals surface area contributed by atoms with Gasteiger partial charge in [0.2, 0.25) is 5.89 Å². The lowest BCUT2D eigenvalue weighted by atomic mass is 10.2. The number of rotatable bonds is 3. The maximum Gasteiger partial charge on any atom is 0.257 e. The number of hydrogen-bond donors (Lipinski definition) is 1. The lowest BCUT2D eigenvalue weighted by Crippen LogP contribution is -2.12. The van der Waals surface area contributed by atoms with E-state index in [2.05, 4.69) is 55.5 Å². The van der Waals surface area contributed by atoms with E-state index < -0.39 is 0 Å².